The molecule has 1 unspecified atom stereocenters. The van der Waals surface area contributed by atoms with Crippen LogP contribution < -0.4 is 15.1 Å². The zero-order valence-corrected chi connectivity index (χ0v) is 28.4. The Labute approximate surface area is 265 Å². The van der Waals surface area contributed by atoms with E-state index in [4.69, 9.17) is 23.4 Å². The van der Waals surface area contributed by atoms with Crippen molar-refractivity contribution < 1.29 is 28.5 Å². The lowest BCUT2D eigenvalue weighted by atomic mass is 10.0. The number of aliphatic hydroxyl groups is 1. The predicted molar refractivity (Wildman–Crippen MR) is 179 cm³/mol. The first-order chi connectivity index (χ1) is 20.9. The Morgan fingerprint density at radius 3 is 2.05 bits per heavy atom. The number of rotatable bonds is 14. The third kappa shape index (κ3) is 8.47. The fraction of sp³-hybridized carbons (Fsp3) is 0.459. The highest BCUT2D eigenvalue weighted by Crippen LogP contribution is 2.38. The van der Waals surface area contributed by atoms with Crippen LogP contribution in [0, 0.1) is 0 Å². The van der Waals surface area contributed by atoms with Crippen molar-refractivity contribution in [1.29, 1.82) is 0 Å². The largest absolute Gasteiger partial charge is 0.497 e. The molecule has 4 rings (SSSR count). The maximum Gasteiger partial charge on any atom is 0.261 e. The van der Waals surface area contributed by atoms with E-state index in [0.29, 0.717) is 26.1 Å². The quantitative estimate of drug-likeness (QED) is 0.167. The standard InChI is InChI=1S/C37H50O6Si/c1-28(40-27-29-21-23-30(39-7)24-22-29)15-14-20-33(38)35-34(42-37(5,6)43-35)25-26-41-44(36(2,3)4,31-16-10-8-11-17-31)32-18-12-9-13-19-32/h8-14,16-24,28,33-35,38H,15,25-27H2,1-7H3/b20-14-/t28-,33?,34-,35-/m1/s1. The smallest absolute Gasteiger partial charge is 0.261 e. The van der Waals surface area contributed by atoms with Gasteiger partial charge in [0.1, 0.15) is 18.0 Å². The van der Waals surface area contributed by atoms with Crippen molar-refractivity contribution in [2.24, 2.45) is 0 Å². The van der Waals surface area contributed by atoms with Gasteiger partial charge in [0.2, 0.25) is 0 Å². The van der Waals surface area contributed by atoms with E-state index >= 15 is 0 Å². The molecule has 3 aromatic rings. The topological polar surface area (TPSA) is 66.4 Å². The van der Waals surface area contributed by atoms with Crippen molar-refractivity contribution in [1.82, 2.24) is 0 Å². The van der Waals surface area contributed by atoms with Gasteiger partial charge in [-0.3, -0.25) is 0 Å². The Morgan fingerprint density at radius 2 is 1.50 bits per heavy atom. The molecular weight excluding hydrogens is 568 g/mol. The van der Waals surface area contributed by atoms with Crippen LogP contribution in [0.1, 0.15) is 59.9 Å². The monoisotopic (exact) mass is 618 g/mol. The first kappa shape index (κ1) is 34.1. The molecule has 0 spiro atoms. The fourth-order valence-corrected chi connectivity index (χ4v) is 10.6. The minimum atomic E-state index is -2.67. The van der Waals surface area contributed by atoms with Gasteiger partial charge in [0.15, 0.2) is 5.79 Å². The molecule has 1 aliphatic heterocycles. The molecule has 0 aromatic heterocycles. The van der Waals surface area contributed by atoms with Crippen molar-refractivity contribution in [2.75, 3.05) is 13.7 Å². The van der Waals surface area contributed by atoms with Crippen molar-refractivity contribution in [2.45, 2.75) is 96.2 Å². The van der Waals surface area contributed by atoms with Crippen LogP contribution in [0.25, 0.3) is 0 Å². The lowest BCUT2D eigenvalue weighted by Gasteiger charge is -2.43. The highest BCUT2D eigenvalue weighted by molar-refractivity contribution is 6.99. The summed E-state index contributed by atoms with van der Waals surface area (Å²) in [5, 5.41) is 13.6. The molecule has 1 aliphatic rings. The van der Waals surface area contributed by atoms with Gasteiger partial charge >= 0.3 is 0 Å². The Balaban J connectivity index is 1.40. The Kier molecular flexibility index (Phi) is 11.6. The molecule has 0 amide bonds. The highest BCUT2D eigenvalue weighted by Gasteiger charge is 2.51. The first-order valence-electron chi connectivity index (χ1n) is 15.6. The molecule has 3 aromatic carbocycles. The molecule has 6 nitrogen and oxygen atoms in total. The van der Waals surface area contributed by atoms with Crippen LogP contribution in [0.5, 0.6) is 5.75 Å². The maximum atomic E-state index is 11.2. The Morgan fingerprint density at radius 1 is 0.909 bits per heavy atom. The summed E-state index contributed by atoms with van der Waals surface area (Å²) in [6, 6.07) is 29.1. The number of ether oxygens (including phenoxy) is 4. The van der Waals surface area contributed by atoms with Crippen LogP contribution in [-0.2, 0) is 25.2 Å². The second-order valence-electron chi connectivity index (χ2n) is 13.1. The van der Waals surface area contributed by atoms with Crippen LogP contribution >= 0.6 is 0 Å². The number of aliphatic hydroxyl groups excluding tert-OH is 1. The van der Waals surface area contributed by atoms with Crippen molar-refractivity contribution in [3.05, 3.63) is 103 Å². The molecule has 4 atom stereocenters. The van der Waals surface area contributed by atoms with Gasteiger partial charge in [-0.25, -0.2) is 0 Å². The molecule has 0 bridgehead atoms. The summed E-state index contributed by atoms with van der Waals surface area (Å²) in [4.78, 5) is 0. The zero-order chi connectivity index (χ0) is 31.8. The molecular formula is C37H50O6Si. The number of hydrogen-bond acceptors (Lipinski definition) is 6. The summed E-state index contributed by atoms with van der Waals surface area (Å²) in [6.07, 6.45) is 3.41. The second-order valence-corrected chi connectivity index (χ2v) is 17.4. The molecule has 238 valence electrons. The van der Waals surface area contributed by atoms with E-state index in [-0.39, 0.29) is 17.2 Å². The fourth-order valence-electron chi connectivity index (χ4n) is 6.01. The minimum Gasteiger partial charge on any atom is -0.497 e. The summed E-state index contributed by atoms with van der Waals surface area (Å²) in [5.74, 6) is 0.0314. The number of benzene rings is 3. The summed E-state index contributed by atoms with van der Waals surface area (Å²) >= 11 is 0. The van der Waals surface area contributed by atoms with E-state index in [1.165, 1.54) is 10.4 Å². The number of hydrogen-bond donors (Lipinski definition) is 1. The lowest BCUT2D eigenvalue weighted by molar-refractivity contribution is -0.153. The van der Waals surface area contributed by atoms with Crippen molar-refractivity contribution in [3.8, 4) is 5.75 Å². The zero-order valence-electron chi connectivity index (χ0n) is 27.4. The van der Waals surface area contributed by atoms with E-state index in [1.54, 1.807) is 13.2 Å². The average Bonchev–Trinajstić information content (AvgIpc) is 3.32. The third-order valence-electron chi connectivity index (χ3n) is 8.19. The van der Waals surface area contributed by atoms with Gasteiger partial charge in [0, 0.05) is 6.61 Å². The van der Waals surface area contributed by atoms with Gasteiger partial charge < -0.3 is 28.5 Å². The molecule has 44 heavy (non-hydrogen) atoms. The normalized spacial score (nSPS) is 20.1. The van der Waals surface area contributed by atoms with E-state index in [1.807, 2.05) is 51.1 Å². The van der Waals surface area contributed by atoms with E-state index in [9.17, 15) is 5.11 Å². The summed E-state index contributed by atoms with van der Waals surface area (Å²) < 4.78 is 30.8. The molecule has 7 heteroatoms. The molecule has 1 N–H and O–H groups in total. The maximum absolute atomic E-state index is 11.2. The van der Waals surface area contributed by atoms with Crippen molar-refractivity contribution >= 4 is 18.7 Å². The van der Waals surface area contributed by atoms with Gasteiger partial charge in [-0.05, 0) is 66.7 Å². The SMILES string of the molecule is COc1ccc(CO[C@H](C)C/C=C\C(O)[C@H]2OC(C)(C)O[C@@H]2CCO[Si](c2ccccc2)(c2ccccc2)C(C)(C)C)cc1. The van der Waals surface area contributed by atoms with Crippen LogP contribution in [0.3, 0.4) is 0 Å². The van der Waals surface area contributed by atoms with Gasteiger partial charge in [0.05, 0.1) is 25.9 Å². The van der Waals surface area contributed by atoms with E-state index in [0.717, 1.165) is 11.3 Å². The van der Waals surface area contributed by atoms with E-state index < -0.39 is 26.3 Å². The predicted octanol–water partition coefficient (Wildman–Crippen LogP) is 6.39. The number of methoxy groups -OCH3 is 1. The molecule has 0 saturated carbocycles. The molecule has 0 aliphatic carbocycles. The summed E-state index contributed by atoms with van der Waals surface area (Å²) in [6.45, 7) is 13.7. The van der Waals surface area contributed by atoms with Crippen LogP contribution in [0.15, 0.2) is 97.1 Å². The summed E-state index contributed by atoms with van der Waals surface area (Å²) in [7, 11) is -1.01. The highest BCUT2D eigenvalue weighted by atomic mass is 28.4. The van der Waals surface area contributed by atoms with Crippen LogP contribution in [0.2, 0.25) is 5.04 Å². The van der Waals surface area contributed by atoms with Crippen molar-refractivity contribution in [3.63, 3.8) is 0 Å². The Bertz CT molecular complexity index is 1260. The molecule has 1 heterocycles. The van der Waals surface area contributed by atoms with E-state index in [2.05, 4.69) is 81.4 Å². The van der Waals surface area contributed by atoms with Crippen LogP contribution in [0.4, 0.5) is 0 Å². The van der Waals surface area contributed by atoms with Gasteiger partial charge in [0.25, 0.3) is 8.32 Å². The first-order valence-corrected chi connectivity index (χ1v) is 17.6. The molecule has 1 fully saturated rings. The third-order valence-corrected chi connectivity index (χ3v) is 13.2. The summed E-state index contributed by atoms with van der Waals surface area (Å²) in [5.41, 5.74) is 1.09. The van der Waals surface area contributed by atoms with Gasteiger partial charge in [-0.1, -0.05) is 106 Å². The lowest BCUT2D eigenvalue weighted by Crippen LogP contribution is -2.66. The Hall–Kier alpha value is -2.78. The minimum absolute atomic E-state index is 0.00612. The molecule has 1 saturated heterocycles. The molecule has 0 radical (unpaired) electrons. The average molecular weight is 619 g/mol. The van der Waals surface area contributed by atoms with Gasteiger partial charge in [-0.2, -0.15) is 0 Å². The second kappa shape index (κ2) is 15.0. The van der Waals surface area contributed by atoms with Gasteiger partial charge in [-0.15, -0.1) is 0 Å². The van der Waals surface area contributed by atoms with Crippen LogP contribution in [-0.4, -0.2) is 57.3 Å².